The van der Waals surface area contributed by atoms with E-state index in [0.717, 1.165) is 6.07 Å². The molecule has 104 valence electrons. The van der Waals surface area contributed by atoms with Gasteiger partial charge < -0.3 is 0 Å². The highest BCUT2D eigenvalue weighted by atomic mass is 32.2. The summed E-state index contributed by atoms with van der Waals surface area (Å²) in [6, 6.07) is 12.3. The van der Waals surface area contributed by atoms with E-state index >= 15 is 0 Å². The fourth-order valence-corrected chi connectivity index (χ4v) is 2.72. The number of hydrogen-bond acceptors (Lipinski definition) is 4. The Morgan fingerprint density at radius 3 is 2.29 bits per heavy atom. The van der Waals surface area contributed by atoms with E-state index in [2.05, 4.69) is 4.72 Å². The van der Waals surface area contributed by atoms with Gasteiger partial charge in [0.1, 0.15) is 5.82 Å². The molecule has 0 saturated carbocycles. The van der Waals surface area contributed by atoms with Crippen molar-refractivity contribution >= 4 is 15.7 Å². The van der Waals surface area contributed by atoms with Gasteiger partial charge in [0.25, 0.3) is 10.0 Å². The van der Waals surface area contributed by atoms with Crippen molar-refractivity contribution in [3.05, 3.63) is 59.4 Å². The molecule has 0 aliphatic rings. The molecule has 0 spiro atoms. The minimum atomic E-state index is -4.01. The Kier molecular flexibility index (Phi) is 3.88. The maximum Gasteiger partial charge on any atom is 0.262 e. The van der Waals surface area contributed by atoms with E-state index in [1.807, 2.05) is 6.07 Å². The normalized spacial score (nSPS) is 10.4. The summed E-state index contributed by atoms with van der Waals surface area (Å²) in [7, 11) is -4.01. The minimum absolute atomic E-state index is 0.0851. The topological polar surface area (TPSA) is 93.8 Å². The number of benzene rings is 2. The van der Waals surface area contributed by atoms with E-state index in [4.69, 9.17) is 10.5 Å². The molecule has 0 aliphatic heterocycles. The second-order valence-corrected chi connectivity index (χ2v) is 5.73. The molecule has 2 rings (SSSR count). The molecule has 2 aromatic carbocycles. The van der Waals surface area contributed by atoms with Crippen LogP contribution in [0.25, 0.3) is 0 Å². The van der Waals surface area contributed by atoms with E-state index in [0.29, 0.717) is 0 Å². The van der Waals surface area contributed by atoms with Crippen LogP contribution >= 0.6 is 0 Å². The first-order valence-electron chi connectivity index (χ1n) is 5.69. The van der Waals surface area contributed by atoms with Crippen molar-refractivity contribution in [2.75, 3.05) is 4.72 Å². The summed E-state index contributed by atoms with van der Waals surface area (Å²) in [5.41, 5.74) is -0.00328. The van der Waals surface area contributed by atoms with Crippen molar-refractivity contribution in [2.45, 2.75) is 4.90 Å². The van der Waals surface area contributed by atoms with Crippen molar-refractivity contribution in [2.24, 2.45) is 0 Å². The van der Waals surface area contributed by atoms with Crippen LogP contribution in [0, 0.1) is 28.5 Å². The van der Waals surface area contributed by atoms with Crippen LogP contribution in [0.5, 0.6) is 0 Å². The van der Waals surface area contributed by atoms with E-state index in [1.54, 1.807) is 6.07 Å². The molecule has 0 atom stereocenters. The lowest BCUT2D eigenvalue weighted by molar-refractivity contribution is 0.598. The Hall–Kier alpha value is -2.90. The van der Waals surface area contributed by atoms with E-state index < -0.39 is 15.8 Å². The molecule has 0 aliphatic carbocycles. The average molecular weight is 301 g/mol. The second kappa shape index (κ2) is 5.61. The number of nitrogens with zero attached hydrogens (tertiary/aromatic N) is 2. The highest BCUT2D eigenvalue weighted by Crippen LogP contribution is 2.20. The van der Waals surface area contributed by atoms with Gasteiger partial charge in [0.15, 0.2) is 0 Å². The van der Waals surface area contributed by atoms with Gasteiger partial charge in [-0.05, 0) is 36.4 Å². The molecule has 0 aromatic heterocycles. The van der Waals surface area contributed by atoms with Gasteiger partial charge >= 0.3 is 0 Å². The van der Waals surface area contributed by atoms with Gasteiger partial charge in [-0.15, -0.1) is 0 Å². The number of sulfonamides is 1. The number of rotatable bonds is 3. The van der Waals surface area contributed by atoms with Crippen LogP contribution in [0.4, 0.5) is 10.1 Å². The van der Waals surface area contributed by atoms with Crippen LogP contribution in [0.3, 0.4) is 0 Å². The molecule has 7 heteroatoms. The average Bonchev–Trinajstić information content (AvgIpc) is 2.49. The maximum atomic E-state index is 13.7. The predicted octanol–water partition coefficient (Wildman–Crippen LogP) is 2.37. The molecule has 0 fully saturated rings. The number of halogens is 1. The molecule has 2 aromatic rings. The summed E-state index contributed by atoms with van der Waals surface area (Å²) < 4.78 is 40.0. The summed E-state index contributed by atoms with van der Waals surface area (Å²) >= 11 is 0. The molecule has 5 nitrogen and oxygen atoms in total. The van der Waals surface area contributed by atoms with Crippen molar-refractivity contribution in [1.29, 1.82) is 10.5 Å². The minimum Gasteiger partial charge on any atom is -0.277 e. The van der Waals surface area contributed by atoms with Crippen molar-refractivity contribution in [3.8, 4) is 12.1 Å². The lowest BCUT2D eigenvalue weighted by atomic mass is 10.2. The molecule has 0 radical (unpaired) electrons. The molecular formula is C14H8FN3O2S. The first-order chi connectivity index (χ1) is 9.96. The van der Waals surface area contributed by atoms with E-state index in [1.165, 1.54) is 36.4 Å². The zero-order valence-corrected chi connectivity index (χ0v) is 11.4. The molecule has 0 bridgehead atoms. The van der Waals surface area contributed by atoms with Crippen molar-refractivity contribution < 1.29 is 12.8 Å². The molecule has 0 amide bonds. The van der Waals surface area contributed by atoms with Crippen LogP contribution < -0.4 is 4.72 Å². The fraction of sp³-hybridized carbons (Fsp3) is 0. The third-order valence-electron chi connectivity index (χ3n) is 2.62. The van der Waals surface area contributed by atoms with E-state index in [-0.39, 0.29) is 21.7 Å². The first-order valence-corrected chi connectivity index (χ1v) is 7.17. The Labute approximate surface area is 120 Å². The number of nitriles is 2. The highest BCUT2D eigenvalue weighted by Gasteiger charge is 2.17. The van der Waals surface area contributed by atoms with Gasteiger partial charge in [0, 0.05) is 0 Å². The van der Waals surface area contributed by atoms with Gasteiger partial charge in [-0.3, -0.25) is 4.72 Å². The quantitative estimate of drug-likeness (QED) is 0.941. The van der Waals surface area contributed by atoms with Crippen molar-refractivity contribution in [3.63, 3.8) is 0 Å². The molecule has 21 heavy (non-hydrogen) atoms. The van der Waals surface area contributed by atoms with Gasteiger partial charge in [0.2, 0.25) is 0 Å². The van der Waals surface area contributed by atoms with Crippen LogP contribution in [0.15, 0.2) is 47.4 Å². The zero-order valence-electron chi connectivity index (χ0n) is 10.5. The smallest absolute Gasteiger partial charge is 0.262 e. The molecule has 1 N–H and O–H groups in total. The lowest BCUT2D eigenvalue weighted by Crippen LogP contribution is -2.14. The van der Waals surface area contributed by atoms with Crippen LogP contribution in [0.1, 0.15) is 11.1 Å². The Bertz CT molecular complexity index is 880. The highest BCUT2D eigenvalue weighted by molar-refractivity contribution is 7.92. The van der Waals surface area contributed by atoms with Gasteiger partial charge in [-0.1, -0.05) is 6.07 Å². The van der Waals surface area contributed by atoms with Gasteiger partial charge in [0.05, 0.1) is 33.8 Å². The summed E-state index contributed by atoms with van der Waals surface area (Å²) in [5.74, 6) is -0.853. The largest absolute Gasteiger partial charge is 0.277 e. The lowest BCUT2D eigenvalue weighted by Gasteiger charge is -2.09. The SMILES string of the molecule is N#Cc1cccc(S(=O)(=O)Nc2ccc(C#N)cc2F)c1. The molecule has 0 saturated heterocycles. The third kappa shape index (κ3) is 3.16. The first kappa shape index (κ1) is 14.5. The van der Waals surface area contributed by atoms with E-state index in [9.17, 15) is 12.8 Å². The molecule has 0 unspecified atom stereocenters. The summed E-state index contributed by atoms with van der Waals surface area (Å²) in [5, 5.41) is 17.4. The van der Waals surface area contributed by atoms with Gasteiger partial charge in [-0.25, -0.2) is 12.8 Å². The number of anilines is 1. The second-order valence-electron chi connectivity index (χ2n) is 4.05. The molecular weight excluding hydrogens is 293 g/mol. The summed E-state index contributed by atoms with van der Waals surface area (Å²) in [4.78, 5) is -0.148. The van der Waals surface area contributed by atoms with Crippen LogP contribution in [0.2, 0.25) is 0 Å². The maximum absolute atomic E-state index is 13.7. The third-order valence-corrected chi connectivity index (χ3v) is 3.98. The Balaban J connectivity index is 2.38. The monoisotopic (exact) mass is 301 g/mol. The van der Waals surface area contributed by atoms with Gasteiger partial charge in [-0.2, -0.15) is 10.5 Å². The number of hydrogen-bond donors (Lipinski definition) is 1. The predicted molar refractivity (Wildman–Crippen MR) is 73.1 cm³/mol. The van der Waals surface area contributed by atoms with Crippen LogP contribution in [-0.2, 0) is 10.0 Å². The van der Waals surface area contributed by atoms with Crippen molar-refractivity contribution in [1.82, 2.24) is 0 Å². The zero-order chi connectivity index (χ0) is 15.5. The fourth-order valence-electron chi connectivity index (χ4n) is 1.60. The van der Waals surface area contributed by atoms with Crippen LogP contribution in [-0.4, -0.2) is 8.42 Å². The Morgan fingerprint density at radius 2 is 1.67 bits per heavy atom. The molecule has 0 heterocycles. The summed E-state index contributed by atoms with van der Waals surface area (Å²) in [6.45, 7) is 0. The Morgan fingerprint density at radius 1 is 1.00 bits per heavy atom. The number of nitrogens with one attached hydrogen (secondary N) is 1. The standard InChI is InChI=1S/C14H8FN3O2S/c15-13-7-11(9-17)4-5-14(13)18-21(19,20)12-3-1-2-10(6-12)8-16/h1-7,18H. The summed E-state index contributed by atoms with van der Waals surface area (Å²) in [6.07, 6.45) is 0.